The van der Waals surface area contributed by atoms with Gasteiger partial charge in [0.05, 0.1) is 57.5 Å². The second kappa shape index (κ2) is 22.7. The Kier molecular flexibility index (Phi) is 16.1. The zero-order valence-electron chi connectivity index (χ0n) is 37.2. The number of rotatable bonds is 30. The van der Waals surface area contributed by atoms with Crippen molar-refractivity contribution in [1.29, 1.82) is 0 Å². The van der Waals surface area contributed by atoms with Crippen LogP contribution in [-0.4, -0.2) is 121 Å². The van der Waals surface area contributed by atoms with Crippen LogP contribution in [0.25, 0.3) is 12.2 Å². The number of hydrogen-bond acceptors (Lipinski definition) is 13. The van der Waals surface area contributed by atoms with E-state index in [2.05, 4.69) is 24.3 Å². The summed E-state index contributed by atoms with van der Waals surface area (Å²) in [7, 11) is 0. The van der Waals surface area contributed by atoms with E-state index in [1.165, 1.54) is 28.3 Å². The predicted molar refractivity (Wildman–Crippen MR) is 236 cm³/mol. The van der Waals surface area contributed by atoms with Crippen molar-refractivity contribution in [3.63, 3.8) is 0 Å². The number of carbonyl (C=O) groups is 2. The molecule has 2 aromatic rings. The molecule has 7 fully saturated rings. The first-order chi connectivity index (χ1) is 31.5. The molecule has 7 aliphatic rings. The Morgan fingerprint density at radius 2 is 1.02 bits per heavy atom. The lowest BCUT2D eigenvalue weighted by Crippen LogP contribution is -2.29. The number of carbonyl (C=O) groups excluding carboxylic acids is 2. The van der Waals surface area contributed by atoms with Gasteiger partial charge in [-0.05, 0) is 129 Å². The molecule has 1 saturated carbocycles. The molecule has 0 N–H and O–H groups in total. The minimum Gasteiger partial charge on any atom is -0.493 e. The van der Waals surface area contributed by atoms with Crippen molar-refractivity contribution in [2.45, 2.75) is 152 Å². The van der Waals surface area contributed by atoms with E-state index in [0.29, 0.717) is 64.8 Å². The highest BCUT2D eigenvalue weighted by atomic mass is 16.8. The number of aryl methyl sites for hydroxylation is 1. The lowest BCUT2D eigenvalue weighted by molar-refractivity contribution is -0.151. The fourth-order valence-corrected chi connectivity index (χ4v) is 8.75. The SMILES string of the molecule is O=C(/C=C/c1ccc(CC2CO2)c(CC2CO2)c1CCCCOC1CO1)OC1CCC(OC(=O)/C=C/c2ccc(CCCCOC3CO3)c(OCCCCC3CO3)c2CC2CO2)CC1. The van der Waals surface area contributed by atoms with Gasteiger partial charge in [-0.2, -0.15) is 0 Å². The van der Waals surface area contributed by atoms with Gasteiger partial charge in [0.15, 0.2) is 12.6 Å². The van der Waals surface area contributed by atoms with E-state index in [9.17, 15) is 9.59 Å². The first-order valence-corrected chi connectivity index (χ1v) is 24.1. The Morgan fingerprint density at radius 1 is 0.516 bits per heavy atom. The molecular weight excluding hydrogens is 821 g/mol. The van der Waals surface area contributed by atoms with Gasteiger partial charge in [-0.1, -0.05) is 24.3 Å². The standard InChI is InChI=1S/C51H66O13/c52-47(20-14-34-11-13-37(25-41-29-58-41)45(26-42-30-59-42)44(34)9-3-6-23-55-50-33-62-50)63-38-16-18-39(19-17-38)64-48(53)21-15-35-10-12-36(7-1-4-22-54-49-32-61-49)51(46(35)27-43-31-60-43)56-24-5-2-8-40-28-57-40/h10-15,20-21,38-43,49-50H,1-9,16-19,22-33H2/b20-14+,21-15+. The Balaban J connectivity index is 0.769. The number of esters is 2. The van der Waals surface area contributed by atoms with Crippen LogP contribution in [0.15, 0.2) is 36.4 Å². The second-order valence-electron chi connectivity index (χ2n) is 18.3. The highest BCUT2D eigenvalue weighted by Crippen LogP contribution is 2.35. The van der Waals surface area contributed by atoms with Crippen LogP contribution in [-0.2, 0) is 89.1 Å². The van der Waals surface area contributed by atoms with Gasteiger partial charge in [-0.15, -0.1) is 0 Å². The molecule has 0 spiro atoms. The highest BCUT2D eigenvalue weighted by molar-refractivity contribution is 5.88. The van der Waals surface area contributed by atoms with Gasteiger partial charge in [-0.3, -0.25) is 0 Å². The third kappa shape index (κ3) is 15.2. The van der Waals surface area contributed by atoms with Crippen LogP contribution in [0, 0.1) is 0 Å². The van der Waals surface area contributed by atoms with E-state index in [4.69, 9.17) is 52.1 Å². The molecule has 9 rings (SSSR count). The fourth-order valence-electron chi connectivity index (χ4n) is 8.75. The zero-order valence-corrected chi connectivity index (χ0v) is 37.2. The summed E-state index contributed by atoms with van der Waals surface area (Å²) in [5.74, 6) is 0.172. The fraction of sp³-hybridized carbons (Fsp3) is 0.647. The van der Waals surface area contributed by atoms with Gasteiger partial charge in [-0.25, -0.2) is 9.59 Å². The highest BCUT2D eigenvalue weighted by Gasteiger charge is 2.31. The first-order valence-electron chi connectivity index (χ1n) is 24.1. The van der Waals surface area contributed by atoms with Gasteiger partial charge in [0.1, 0.15) is 31.2 Å². The molecule has 0 radical (unpaired) electrons. The quantitative estimate of drug-likeness (QED) is 0.0344. The van der Waals surface area contributed by atoms with Crippen molar-refractivity contribution in [2.75, 3.05) is 59.5 Å². The van der Waals surface area contributed by atoms with Gasteiger partial charge in [0, 0.05) is 50.2 Å². The van der Waals surface area contributed by atoms with Crippen molar-refractivity contribution in [3.8, 4) is 5.75 Å². The topological polar surface area (TPSA) is 155 Å². The largest absolute Gasteiger partial charge is 0.493 e. The number of hydrogen-bond donors (Lipinski definition) is 0. The normalized spacial score (nSPS) is 27.4. The summed E-state index contributed by atoms with van der Waals surface area (Å²) in [5.41, 5.74) is 8.10. The minimum absolute atomic E-state index is 0.0239. The molecule has 13 heteroatoms. The van der Waals surface area contributed by atoms with E-state index < -0.39 is 0 Å². The first kappa shape index (κ1) is 45.5. The summed E-state index contributed by atoms with van der Waals surface area (Å²) in [4.78, 5) is 26.4. The molecule has 0 aromatic heterocycles. The molecule has 2 aromatic carbocycles. The lowest BCUT2D eigenvalue weighted by atomic mass is 9.88. The third-order valence-corrected chi connectivity index (χ3v) is 12.9. The maximum Gasteiger partial charge on any atom is 0.331 e. The Morgan fingerprint density at radius 3 is 1.58 bits per heavy atom. The zero-order chi connectivity index (χ0) is 43.5. The summed E-state index contributed by atoms with van der Waals surface area (Å²) in [6, 6.07) is 8.52. The van der Waals surface area contributed by atoms with Crippen molar-refractivity contribution in [1.82, 2.24) is 0 Å². The van der Waals surface area contributed by atoms with E-state index in [-0.39, 0.29) is 55.0 Å². The van der Waals surface area contributed by atoms with E-state index >= 15 is 0 Å². The monoisotopic (exact) mass is 886 g/mol. The molecule has 13 nitrogen and oxygen atoms in total. The summed E-state index contributed by atoms with van der Waals surface area (Å²) < 4.78 is 62.5. The predicted octanol–water partition coefficient (Wildman–Crippen LogP) is 6.97. The maximum absolute atomic E-state index is 13.2. The second-order valence-corrected chi connectivity index (χ2v) is 18.3. The average Bonchev–Trinajstić information content (AvgIpc) is 4.07. The molecule has 6 unspecified atom stereocenters. The van der Waals surface area contributed by atoms with Crippen LogP contribution in [0.4, 0.5) is 0 Å². The van der Waals surface area contributed by atoms with Crippen molar-refractivity contribution < 1.29 is 61.7 Å². The van der Waals surface area contributed by atoms with Crippen LogP contribution in [0.5, 0.6) is 5.75 Å². The Hall–Kier alpha value is -3.66. The summed E-state index contributed by atoms with van der Waals surface area (Å²) in [5, 5.41) is 0. The minimum atomic E-state index is -0.381. The van der Waals surface area contributed by atoms with Crippen molar-refractivity contribution in [2.24, 2.45) is 0 Å². The van der Waals surface area contributed by atoms with Crippen molar-refractivity contribution >= 4 is 24.1 Å². The lowest BCUT2D eigenvalue weighted by Gasteiger charge is -2.27. The van der Waals surface area contributed by atoms with Gasteiger partial charge < -0.3 is 52.1 Å². The van der Waals surface area contributed by atoms with Gasteiger partial charge in [0.25, 0.3) is 0 Å². The molecule has 0 amide bonds. The molecule has 6 saturated heterocycles. The van der Waals surface area contributed by atoms with Crippen LogP contribution >= 0.6 is 0 Å². The van der Waals surface area contributed by atoms with Crippen LogP contribution in [0.3, 0.4) is 0 Å². The molecule has 348 valence electrons. The third-order valence-electron chi connectivity index (χ3n) is 12.9. The number of unbranched alkanes of at least 4 members (excludes halogenated alkanes) is 3. The molecule has 6 atom stereocenters. The molecule has 6 aliphatic heterocycles. The maximum atomic E-state index is 13.2. The number of benzene rings is 2. The number of epoxide rings is 6. The van der Waals surface area contributed by atoms with Crippen molar-refractivity contribution in [3.05, 3.63) is 75.4 Å². The molecule has 1 aliphatic carbocycles. The molecule has 0 bridgehead atoms. The van der Waals surface area contributed by atoms with Crippen LogP contribution in [0.2, 0.25) is 0 Å². The van der Waals surface area contributed by atoms with E-state index in [1.54, 1.807) is 6.08 Å². The summed E-state index contributed by atoms with van der Waals surface area (Å²) >= 11 is 0. The Bertz CT molecular complexity index is 1910. The smallest absolute Gasteiger partial charge is 0.331 e. The van der Waals surface area contributed by atoms with Crippen LogP contribution < -0.4 is 4.74 Å². The van der Waals surface area contributed by atoms with E-state index in [0.717, 1.165) is 126 Å². The molecular formula is C51H66O13. The summed E-state index contributed by atoms with van der Waals surface area (Å²) in [6.45, 7) is 6.55. The van der Waals surface area contributed by atoms with Gasteiger partial charge >= 0.3 is 11.9 Å². The van der Waals surface area contributed by atoms with Gasteiger partial charge in [0.2, 0.25) is 0 Å². The molecule has 64 heavy (non-hydrogen) atoms. The number of ether oxygens (including phenoxy) is 11. The van der Waals surface area contributed by atoms with E-state index in [1.807, 2.05) is 12.2 Å². The Labute approximate surface area is 377 Å². The summed E-state index contributed by atoms with van der Waals surface area (Å²) in [6.07, 6.45) is 21.1. The van der Waals surface area contributed by atoms with Crippen LogP contribution in [0.1, 0.15) is 110 Å². The molecule has 6 heterocycles. The average molecular weight is 887 g/mol.